The number of nitrogens with two attached hydrogens (primary N) is 2. The second-order valence-corrected chi connectivity index (χ2v) is 5.62. The maximum absolute atomic E-state index is 9.63. The van der Waals surface area contributed by atoms with Crippen molar-refractivity contribution < 1.29 is 10.2 Å². The van der Waals surface area contributed by atoms with Crippen molar-refractivity contribution in [2.24, 2.45) is 5.73 Å². The molecule has 1 aromatic rings. The topological polar surface area (TPSA) is 92.5 Å². The average Bonchev–Trinajstić information content (AvgIpc) is 3.04. The summed E-state index contributed by atoms with van der Waals surface area (Å²) in [6, 6.07) is 5.21. The van der Waals surface area contributed by atoms with E-state index in [1.54, 1.807) is 30.0 Å². The predicted molar refractivity (Wildman–Crippen MR) is 68.6 cm³/mol. The van der Waals surface area contributed by atoms with Crippen LogP contribution in [-0.2, 0) is 4.75 Å². The number of hydrogen-bond acceptors (Lipinski definition) is 5. The number of fused-ring (bicyclic) bond motifs is 1. The molecule has 0 bridgehead atoms. The standard InChI is InChI=1S/C12H12N2O2S/c13-7-2-1-6(5-9(7)16)12-4-3-8(15)10(14)11(12)17-12/h1-5,11,15-16H,13-14H2. The van der Waals surface area contributed by atoms with Crippen molar-refractivity contribution in [2.75, 3.05) is 5.73 Å². The van der Waals surface area contributed by atoms with Crippen LogP contribution in [0.15, 0.2) is 41.8 Å². The van der Waals surface area contributed by atoms with Crippen LogP contribution in [0.4, 0.5) is 5.69 Å². The lowest BCUT2D eigenvalue weighted by Gasteiger charge is -2.16. The van der Waals surface area contributed by atoms with Gasteiger partial charge in [0.05, 0.1) is 21.4 Å². The quantitative estimate of drug-likeness (QED) is 0.344. The SMILES string of the molecule is NC1=C(O)C=CC2(c3ccc(N)c(O)c3)SC12. The molecule has 0 amide bonds. The lowest BCUT2D eigenvalue weighted by atomic mass is 9.90. The van der Waals surface area contributed by atoms with Crippen molar-refractivity contribution in [3.63, 3.8) is 0 Å². The molecule has 88 valence electrons. The van der Waals surface area contributed by atoms with E-state index < -0.39 is 0 Å². The number of nitrogen functional groups attached to an aromatic ring is 1. The highest BCUT2D eigenvalue weighted by Crippen LogP contribution is 2.66. The van der Waals surface area contributed by atoms with E-state index in [0.29, 0.717) is 11.4 Å². The number of thioether (sulfide) groups is 1. The van der Waals surface area contributed by atoms with Crippen molar-refractivity contribution in [1.29, 1.82) is 0 Å². The third kappa shape index (κ3) is 1.32. The van der Waals surface area contributed by atoms with Gasteiger partial charge in [-0.2, -0.15) is 0 Å². The summed E-state index contributed by atoms with van der Waals surface area (Å²) in [5, 5.41) is 19.2. The van der Waals surface area contributed by atoms with Gasteiger partial charge in [-0.25, -0.2) is 0 Å². The normalized spacial score (nSPS) is 30.2. The van der Waals surface area contributed by atoms with E-state index in [0.717, 1.165) is 5.56 Å². The minimum Gasteiger partial charge on any atom is -0.506 e. The van der Waals surface area contributed by atoms with Gasteiger partial charge in [0.15, 0.2) is 0 Å². The summed E-state index contributed by atoms with van der Waals surface area (Å²) in [6.45, 7) is 0. The maximum Gasteiger partial charge on any atom is 0.138 e. The van der Waals surface area contributed by atoms with E-state index in [-0.39, 0.29) is 21.5 Å². The molecule has 2 unspecified atom stereocenters. The first-order valence-electron chi connectivity index (χ1n) is 5.19. The zero-order valence-electron chi connectivity index (χ0n) is 8.92. The zero-order valence-corrected chi connectivity index (χ0v) is 9.74. The van der Waals surface area contributed by atoms with E-state index in [1.165, 1.54) is 0 Å². The van der Waals surface area contributed by atoms with Crippen LogP contribution in [0, 0.1) is 0 Å². The summed E-state index contributed by atoms with van der Waals surface area (Å²) in [5.41, 5.74) is 13.2. The summed E-state index contributed by atoms with van der Waals surface area (Å²) < 4.78 is -0.249. The molecule has 2 atom stereocenters. The maximum atomic E-state index is 9.63. The van der Waals surface area contributed by atoms with Crippen LogP contribution in [0.3, 0.4) is 0 Å². The van der Waals surface area contributed by atoms with Gasteiger partial charge in [0.2, 0.25) is 0 Å². The van der Waals surface area contributed by atoms with Gasteiger partial charge in [0.1, 0.15) is 11.5 Å². The van der Waals surface area contributed by atoms with Gasteiger partial charge >= 0.3 is 0 Å². The molecule has 0 radical (unpaired) electrons. The van der Waals surface area contributed by atoms with Gasteiger partial charge in [-0.15, -0.1) is 11.8 Å². The van der Waals surface area contributed by atoms with Gasteiger partial charge in [-0.3, -0.25) is 0 Å². The van der Waals surface area contributed by atoms with E-state index in [4.69, 9.17) is 11.5 Å². The lowest BCUT2D eigenvalue weighted by Crippen LogP contribution is -2.20. The summed E-state index contributed by atoms with van der Waals surface area (Å²) in [6.07, 6.45) is 3.53. The van der Waals surface area contributed by atoms with Gasteiger partial charge < -0.3 is 21.7 Å². The molecule has 0 saturated carbocycles. The Kier molecular flexibility index (Phi) is 1.92. The monoisotopic (exact) mass is 248 g/mol. The number of allylic oxidation sites excluding steroid dienone is 1. The second-order valence-electron chi connectivity index (χ2n) is 4.24. The molecule has 1 aliphatic carbocycles. The van der Waals surface area contributed by atoms with E-state index in [1.807, 2.05) is 12.1 Å². The van der Waals surface area contributed by atoms with E-state index in [9.17, 15) is 10.2 Å². The summed E-state index contributed by atoms with van der Waals surface area (Å²) in [5.74, 6) is 0.212. The fraction of sp³-hybridized carbons (Fsp3) is 0.167. The smallest absolute Gasteiger partial charge is 0.138 e. The molecule has 1 saturated heterocycles. The molecule has 1 heterocycles. The van der Waals surface area contributed by atoms with Crippen molar-refractivity contribution in [3.8, 4) is 5.75 Å². The summed E-state index contributed by atoms with van der Waals surface area (Å²) in [4.78, 5) is 0. The molecule has 1 aromatic carbocycles. The van der Waals surface area contributed by atoms with Crippen LogP contribution in [0.1, 0.15) is 5.56 Å². The Hall–Kier alpha value is -1.75. The van der Waals surface area contributed by atoms with Crippen LogP contribution >= 0.6 is 11.8 Å². The molecule has 0 aromatic heterocycles. The molecule has 1 fully saturated rings. The third-order valence-corrected chi connectivity index (χ3v) is 4.80. The zero-order chi connectivity index (χ0) is 12.2. The van der Waals surface area contributed by atoms with Crippen LogP contribution in [0.5, 0.6) is 5.75 Å². The molecule has 6 N–H and O–H groups in total. The molecule has 5 heteroatoms. The molecular formula is C12H12N2O2S. The minimum absolute atomic E-state index is 0.0514. The Labute approximate surface area is 103 Å². The Morgan fingerprint density at radius 3 is 2.71 bits per heavy atom. The Morgan fingerprint density at radius 1 is 1.24 bits per heavy atom. The van der Waals surface area contributed by atoms with Crippen molar-refractivity contribution in [3.05, 3.63) is 47.4 Å². The molecule has 17 heavy (non-hydrogen) atoms. The third-order valence-electron chi connectivity index (χ3n) is 3.19. The summed E-state index contributed by atoms with van der Waals surface area (Å²) in [7, 11) is 0. The molecule has 1 aliphatic heterocycles. The highest BCUT2D eigenvalue weighted by molar-refractivity contribution is 8.08. The molecule has 2 aliphatic rings. The van der Waals surface area contributed by atoms with E-state index >= 15 is 0 Å². The first-order chi connectivity index (χ1) is 8.04. The number of aliphatic hydroxyl groups excluding tert-OH is 1. The fourth-order valence-electron chi connectivity index (χ4n) is 2.12. The van der Waals surface area contributed by atoms with Crippen molar-refractivity contribution in [1.82, 2.24) is 0 Å². The highest BCUT2D eigenvalue weighted by atomic mass is 32.2. The van der Waals surface area contributed by atoms with Gasteiger partial charge in [-0.05, 0) is 23.8 Å². The summed E-state index contributed by atoms with van der Waals surface area (Å²) >= 11 is 1.64. The van der Waals surface area contributed by atoms with Crippen LogP contribution in [0.2, 0.25) is 0 Å². The van der Waals surface area contributed by atoms with Crippen molar-refractivity contribution in [2.45, 2.75) is 10.00 Å². The first kappa shape index (κ1) is 10.4. The van der Waals surface area contributed by atoms with Crippen molar-refractivity contribution >= 4 is 17.4 Å². The number of benzene rings is 1. The number of phenols is 1. The predicted octanol–water partition coefficient (Wildman–Crippen LogP) is 1.58. The Morgan fingerprint density at radius 2 is 2.00 bits per heavy atom. The van der Waals surface area contributed by atoms with E-state index in [2.05, 4.69) is 0 Å². The first-order valence-corrected chi connectivity index (χ1v) is 6.07. The number of aromatic hydroxyl groups is 1. The number of hydrogen-bond donors (Lipinski definition) is 4. The van der Waals surface area contributed by atoms with Crippen LogP contribution in [-0.4, -0.2) is 15.5 Å². The second kappa shape index (κ2) is 3.13. The largest absolute Gasteiger partial charge is 0.506 e. The molecule has 3 rings (SSSR count). The number of aliphatic hydroxyl groups is 1. The molecular weight excluding hydrogens is 236 g/mol. The van der Waals surface area contributed by atoms with Crippen LogP contribution < -0.4 is 11.5 Å². The number of phenolic OH excluding ortho intramolecular Hbond substituents is 1. The number of rotatable bonds is 1. The fourth-order valence-corrected chi connectivity index (χ4v) is 3.44. The molecule has 4 nitrogen and oxygen atoms in total. The lowest BCUT2D eigenvalue weighted by molar-refractivity contribution is 0.418. The Bertz CT molecular complexity index is 568. The molecule has 0 spiro atoms. The number of anilines is 1. The minimum atomic E-state index is -0.249. The van der Waals surface area contributed by atoms with Crippen LogP contribution in [0.25, 0.3) is 0 Å². The van der Waals surface area contributed by atoms with Gasteiger partial charge in [-0.1, -0.05) is 12.1 Å². The Balaban J connectivity index is 2.03. The highest BCUT2D eigenvalue weighted by Gasteiger charge is 2.58. The average molecular weight is 248 g/mol. The van der Waals surface area contributed by atoms with Gasteiger partial charge in [0, 0.05) is 0 Å². The van der Waals surface area contributed by atoms with Gasteiger partial charge in [0.25, 0.3) is 0 Å².